The lowest BCUT2D eigenvalue weighted by Crippen LogP contribution is -2.15. The van der Waals surface area contributed by atoms with Crippen LogP contribution in [0.15, 0.2) is 30.5 Å². The van der Waals surface area contributed by atoms with Crippen molar-refractivity contribution in [2.45, 2.75) is 6.92 Å². The van der Waals surface area contributed by atoms with Gasteiger partial charge in [0.1, 0.15) is 11.5 Å². The molecule has 5 nitrogen and oxygen atoms in total. The minimum Gasteiger partial charge on any atom is -0.373 e. The third-order valence-corrected chi connectivity index (χ3v) is 2.79. The first kappa shape index (κ1) is 13.3. The molecule has 19 heavy (non-hydrogen) atoms. The van der Waals surface area contributed by atoms with Crippen LogP contribution < -0.4 is 10.6 Å². The summed E-state index contributed by atoms with van der Waals surface area (Å²) in [4.78, 5) is 20.3. The third-order valence-electron chi connectivity index (χ3n) is 2.49. The summed E-state index contributed by atoms with van der Waals surface area (Å²) in [5.41, 5.74) is 1.66. The molecule has 98 valence electrons. The van der Waals surface area contributed by atoms with Gasteiger partial charge in [0.15, 0.2) is 0 Å². The van der Waals surface area contributed by atoms with E-state index in [1.165, 1.54) is 0 Å². The van der Waals surface area contributed by atoms with Gasteiger partial charge in [-0.15, -0.1) is 0 Å². The van der Waals surface area contributed by atoms with Crippen molar-refractivity contribution in [3.8, 4) is 0 Å². The molecule has 0 aliphatic carbocycles. The number of hydrogen-bond acceptors (Lipinski definition) is 4. The molecule has 0 radical (unpaired) electrons. The van der Waals surface area contributed by atoms with Crippen LogP contribution in [-0.4, -0.2) is 22.9 Å². The Bertz CT molecular complexity index is 598. The second-order valence-corrected chi connectivity index (χ2v) is 4.33. The maximum Gasteiger partial charge on any atom is 0.275 e. The minimum absolute atomic E-state index is 0.175. The van der Waals surface area contributed by atoms with Gasteiger partial charge in [0.05, 0.1) is 16.9 Å². The van der Waals surface area contributed by atoms with Crippen molar-refractivity contribution in [1.82, 2.24) is 9.97 Å². The minimum atomic E-state index is -0.368. The molecule has 0 saturated heterocycles. The van der Waals surface area contributed by atoms with Crippen LogP contribution in [0.3, 0.4) is 0 Å². The number of amides is 1. The monoisotopic (exact) mass is 276 g/mol. The molecule has 0 bridgehead atoms. The van der Waals surface area contributed by atoms with E-state index in [0.29, 0.717) is 16.5 Å². The number of aryl methyl sites for hydroxylation is 1. The molecule has 0 aromatic carbocycles. The smallest absolute Gasteiger partial charge is 0.275 e. The summed E-state index contributed by atoms with van der Waals surface area (Å²) >= 11 is 5.97. The Morgan fingerprint density at radius 1 is 1.26 bits per heavy atom. The van der Waals surface area contributed by atoms with Crippen molar-refractivity contribution in [1.29, 1.82) is 0 Å². The second kappa shape index (κ2) is 5.67. The highest BCUT2D eigenvalue weighted by Crippen LogP contribution is 2.18. The fourth-order valence-corrected chi connectivity index (χ4v) is 1.66. The van der Waals surface area contributed by atoms with E-state index >= 15 is 0 Å². The number of hydrogen-bond donors (Lipinski definition) is 2. The average Bonchev–Trinajstić information content (AvgIpc) is 2.42. The van der Waals surface area contributed by atoms with Crippen LogP contribution in [0.4, 0.5) is 11.5 Å². The molecule has 0 spiro atoms. The van der Waals surface area contributed by atoms with Crippen molar-refractivity contribution in [3.63, 3.8) is 0 Å². The highest BCUT2D eigenvalue weighted by atomic mass is 35.5. The summed E-state index contributed by atoms with van der Waals surface area (Å²) in [6.45, 7) is 1.88. The number of halogens is 1. The lowest BCUT2D eigenvalue weighted by molar-refractivity contribution is 0.102. The predicted octanol–water partition coefficient (Wildman–Crippen LogP) is 2.73. The molecule has 1 amide bonds. The van der Waals surface area contributed by atoms with E-state index in [-0.39, 0.29) is 11.6 Å². The van der Waals surface area contributed by atoms with E-state index in [2.05, 4.69) is 20.6 Å². The van der Waals surface area contributed by atoms with Gasteiger partial charge in [-0.3, -0.25) is 9.78 Å². The highest BCUT2D eigenvalue weighted by Gasteiger charge is 2.13. The Labute approximate surface area is 116 Å². The lowest BCUT2D eigenvalue weighted by Gasteiger charge is -2.07. The number of anilines is 2. The van der Waals surface area contributed by atoms with Crippen molar-refractivity contribution >= 4 is 29.0 Å². The number of aromatic nitrogens is 2. The van der Waals surface area contributed by atoms with Gasteiger partial charge in [-0.05, 0) is 31.2 Å². The lowest BCUT2D eigenvalue weighted by atomic mass is 10.3. The Hall–Kier alpha value is -2.14. The van der Waals surface area contributed by atoms with Gasteiger partial charge in [-0.1, -0.05) is 11.6 Å². The van der Waals surface area contributed by atoms with E-state index in [4.69, 9.17) is 11.6 Å². The molecular weight excluding hydrogens is 264 g/mol. The van der Waals surface area contributed by atoms with E-state index in [1.54, 1.807) is 31.4 Å². The molecule has 2 N–H and O–H groups in total. The van der Waals surface area contributed by atoms with Crippen molar-refractivity contribution in [3.05, 3.63) is 46.9 Å². The zero-order chi connectivity index (χ0) is 13.8. The molecule has 0 atom stereocenters. The molecule has 6 heteroatoms. The molecule has 2 rings (SSSR count). The van der Waals surface area contributed by atoms with Crippen LogP contribution >= 0.6 is 11.6 Å². The third kappa shape index (κ3) is 3.20. The summed E-state index contributed by atoms with van der Waals surface area (Å²) in [6.07, 6.45) is 1.59. The Morgan fingerprint density at radius 2 is 2.05 bits per heavy atom. The van der Waals surface area contributed by atoms with Crippen molar-refractivity contribution in [2.24, 2.45) is 0 Å². The maximum atomic E-state index is 12.1. The molecule has 0 aliphatic rings. The topological polar surface area (TPSA) is 66.9 Å². The van der Waals surface area contributed by atoms with Gasteiger partial charge in [-0.25, -0.2) is 4.98 Å². The van der Waals surface area contributed by atoms with Gasteiger partial charge >= 0.3 is 0 Å². The predicted molar refractivity (Wildman–Crippen MR) is 75.7 cm³/mol. The van der Waals surface area contributed by atoms with E-state index in [1.807, 2.05) is 13.0 Å². The zero-order valence-electron chi connectivity index (χ0n) is 10.6. The summed E-state index contributed by atoms with van der Waals surface area (Å²) in [6, 6.07) is 6.92. The maximum absolute atomic E-state index is 12.1. The summed E-state index contributed by atoms with van der Waals surface area (Å²) in [5.74, 6) is 0.212. The fraction of sp³-hybridized carbons (Fsp3) is 0.154. The van der Waals surface area contributed by atoms with Crippen LogP contribution in [-0.2, 0) is 0 Å². The van der Waals surface area contributed by atoms with E-state index < -0.39 is 0 Å². The number of nitrogens with zero attached hydrogens (tertiary/aromatic N) is 2. The number of nitrogens with one attached hydrogen (secondary N) is 2. The quantitative estimate of drug-likeness (QED) is 0.905. The Balaban J connectivity index is 2.22. The second-order valence-electron chi connectivity index (χ2n) is 3.92. The first-order chi connectivity index (χ1) is 9.10. The summed E-state index contributed by atoms with van der Waals surface area (Å²) < 4.78 is 0. The van der Waals surface area contributed by atoms with Gasteiger partial charge in [0, 0.05) is 12.7 Å². The van der Waals surface area contributed by atoms with Crippen molar-refractivity contribution in [2.75, 3.05) is 17.7 Å². The summed E-state index contributed by atoms with van der Waals surface area (Å²) in [7, 11) is 1.72. The normalized spacial score (nSPS) is 10.1. The molecule has 0 unspecified atom stereocenters. The van der Waals surface area contributed by atoms with Gasteiger partial charge < -0.3 is 10.6 Å². The molecule has 2 aromatic rings. The largest absolute Gasteiger partial charge is 0.373 e. The summed E-state index contributed by atoms with van der Waals surface area (Å²) in [5, 5.41) is 5.86. The first-order valence-corrected chi connectivity index (χ1v) is 6.06. The van der Waals surface area contributed by atoms with Crippen molar-refractivity contribution < 1.29 is 4.79 Å². The molecular formula is C13H13ClN4O. The number of pyridine rings is 2. The molecule has 0 aliphatic heterocycles. The first-order valence-electron chi connectivity index (χ1n) is 5.68. The SMILES string of the molecule is CNc1ccc(Cl)c(C(=O)Nc2ccc(C)nc2)n1. The van der Waals surface area contributed by atoms with Gasteiger partial charge in [0.2, 0.25) is 0 Å². The highest BCUT2D eigenvalue weighted by molar-refractivity contribution is 6.34. The fourth-order valence-electron chi connectivity index (χ4n) is 1.47. The Morgan fingerprint density at radius 3 is 2.68 bits per heavy atom. The number of carbonyl (C=O) groups is 1. The standard InChI is InChI=1S/C13H13ClN4O/c1-8-3-4-9(7-16-8)17-13(19)12-10(14)5-6-11(15-2)18-12/h3-7H,1-2H3,(H,15,18)(H,17,19). The molecule has 0 fully saturated rings. The zero-order valence-corrected chi connectivity index (χ0v) is 11.3. The average molecular weight is 277 g/mol. The number of rotatable bonds is 3. The van der Waals surface area contributed by atoms with Gasteiger partial charge in [-0.2, -0.15) is 0 Å². The van der Waals surface area contributed by atoms with Crippen LogP contribution in [0.25, 0.3) is 0 Å². The number of carbonyl (C=O) groups excluding carboxylic acids is 1. The Kier molecular flexibility index (Phi) is 3.97. The molecule has 2 heterocycles. The molecule has 0 saturated carbocycles. The van der Waals surface area contributed by atoms with E-state index in [0.717, 1.165) is 5.69 Å². The van der Waals surface area contributed by atoms with Crippen LogP contribution in [0.1, 0.15) is 16.2 Å². The van der Waals surface area contributed by atoms with Crippen LogP contribution in [0.2, 0.25) is 5.02 Å². The van der Waals surface area contributed by atoms with Crippen LogP contribution in [0.5, 0.6) is 0 Å². The molecule has 2 aromatic heterocycles. The van der Waals surface area contributed by atoms with Gasteiger partial charge in [0.25, 0.3) is 5.91 Å². The van der Waals surface area contributed by atoms with Crippen LogP contribution in [0, 0.1) is 6.92 Å². The van der Waals surface area contributed by atoms with E-state index in [9.17, 15) is 4.79 Å².